The first-order valence-electron chi connectivity index (χ1n) is 8.20. The molecule has 0 aliphatic heterocycles. The topological polar surface area (TPSA) is 75.3 Å². The van der Waals surface area contributed by atoms with E-state index in [1.165, 1.54) is 24.3 Å². The van der Waals surface area contributed by atoms with Crippen LogP contribution >= 0.6 is 23.2 Å². The third kappa shape index (κ3) is 5.04. The summed E-state index contributed by atoms with van der Waals surface area (Å²) in [6.45, 7) is 1.87. The zero-order valence-corrected chi connectivity index (χ0v) is 17.1. The number of rotatable bonds is 5. The molecule has 1 amide bonds. The number of halogens is 2. The molecule has 0 heterocycles. The van der Waals surface area contributed by atoms with Crippen molar-refractivity contribution in [1.29, 1.82) is 0 Å². The molecule has 5 nitrogen and oxygen atoms in total. The lowest BCUT2D eigenvalue weighted by Gasteiger charge is -2.10. The zero-order chi connectivity index (χ0) is 20.3. The molecule has 144 valence electrons. The minimum Gasteiger partial charge on any atom is -0.322 e. The van der Waals surface area contributed by atoms with E-state index in [1.54, 1.807) is 36.4 Å². The molecule has 0 fully saturated rings. The Morgan fingerprint density at radius 2 is 1.54 bits per heavy atom. The highest BCUT2D eigenvalue weighted by atomic mass is 35.5. The van der Waals surface area contributed by atoms with Crippen molar-refractivity contribution in [3.05, 3.63) is 87.9 Å². The van der Waals surface area contributed by atoms with Gasteiger partial charge in [-0.3, -0.25) is 9.52 Å². The number of sulfonamides is 1. The zero-order valence-electron chi connectivity index (χ0n) is 14.7. The molecule has 0 spiro atoms. The maximum atomic E-state index is 12.7. The lowest BCUT2D eigenvalue weighted by atomic mass is 10.2. The van der Waals surface area contributed by atoms with Gasteiger partial charge in [0.1, 0.15) is 0 Å². The molecule has 3 aromatic rings. The molecule has 0 bridgehead atoms. The minimum absolute atomic E-state index is 0.0224. The molecule has 0 aromatic heterocycles. The van der Waals surface area contributed by atoms with Crippen molar-refractivity contribution in [3.8, 4) is 0 Å². The van der Waals surface area contributed by atoms with Crippen molar-refractivity contribution in [1.82, 2.24) is 0 Å². The van der Waals surface area contributed by atoms with E-state index in [4.69, 9.17) is 23.2 Å². The van der Waals surface area contributed by atoms with Crippen molar-refractivity contribution in [3.63, 3.8) is 0 Å². The number of carbonyl (C=O) groups excluding carboxylic acids is 1. The summed E-state index contributed by atoms with van der Waals surface area (Å²) in [5.74, 6) is -0.481. The van der Waals surface area contributed by atoms with E-state index in [0.717, 1.165) is 5.56 Å². The molecule has 0 saturated carbocycles. The van der Waals surface area contributed by atoms with Gasteiger partial charge in [0.25, 0.3) is 15.9 Å². The molecule has 0 saturated heterocycles. The molecule has 28 heavy (non-hydrogen) atoms. The minimum atomic E-state index is -3.84. The van der Waals surface area contributed by atoms with E-state index in [9.17, 15) is 13.2 Å². The number of anilines is 2. The summed E-state index contributed by atoms with van der Waals surface area (Å²) in [6, 6.07) is 17.4. The number of aryl methyl sites for hydroxylation is 1. The highest BCUT2D eigenvalue weighted by Gasteiger charge is 2.17. The summed E-state index contributed by atoms with van der Waals surface area (Å²) >= 11 is 11.9. The van der Waals surface area contributed by atoms with Gasteiger partial charge in [-0.05, 0) is 61.0 Å². The Bertz CT molecular complexity index is 1130. The highest BCUT2D eigenvalue weighted by molar-refractivity contribution is 7.92. The van der Waals surface area contributed by atoms with Gasteiger partial charge in [0.05, 0.1) is 4.90 Å². The van der Waals surface area contributed by atoms with Crippen LogP contribution in [0.3, 0.4) is 0 Å². The van der Waals surface area contributed by atoms with Crippen molar-refractivity contribution in [2.45, 2.75) is 11.8 Å². The van der Waals surface area contributed by atoms with Crippen LogP contribution in [0.2, 0.25) is 10.0 Å². The van der Waals surface area contributed by atoms with Gasteiger partial charge in [0.2, 0.25) is 0 Å². The summed E-state index contributed by atoms with van der Waals surface area (Å²) in [4.78, 5) is 12.5. The van der Waals surface area contributed by atoms with Crippen molar-refractivity contribution in [2.24, 2.45) is 0 Å². The van der Waals surface area contributed by atoms with E-state index in [2.05, 4.69) is 10.0 Å². The van der Waals surface area contributed by atoms with Crippen LogP contribution in [0.1, 0.15) is 15.9 Å². The Labute approximate surface area is 173 Å². The first-order chi connectivity index (χ1) is 13.2. The molecular weight excluding hydrogens is 419 g/mol. The Kier molecular flexibility index (Phi) is 5.93. The van der Waals surface area contributed by atoms with Crippen LogP contribution < -0.4 is 10.0 Å². The summed E-state index contributed by atoms with van der Waals surface area (Å²) in [6.07, 6.45) is 0. The third-order valence-corrected chi connectivity index (χ3v) is 5.61. The number of hydrogen-bond acceptors (Lipinski definition) is 3. The van der Waals surface area contributed by atoms with Crippen LogP contribution in [0.15, 0.2) is 71.6 Å². The number of hydrogen-bond donors (Lipinski definition) is 2. The second kappa shape index (κ2) is 8.22. The first-order valence-corrected chi connectivity index (χ1v) is 10.4. The second-order valence-corrected chi connectivity index (χ2v) is 8.67. The van der Waals surface area contributed by atoms with Gasteiger partial charge < -0.3 is 5.32 Å². The number of nitrogens with one attached hydrogen (secondary N) is 2. The molecule has 3 aromatic carbocycles. The fourth-order valence-electron chi connectivity index (χ4n) is 2.56. The number of amides is 1. The molecule has 0 aliphatic rings. The summed E-state index contributed by atoms with van der Waals surface area (Å²) in [5.41, 5.74) is 1.97. The summed E-state index contributed by atoms with van der Waals surface area (Å²) < 4.78 is 27.8. The van der Waals surface area contributed by atoms with Gasteiger partial charge in [-0.2, -0.15) is 0 Å². The molecule has 0 unspecified atom stereocenters. The largest absolute Gasteiger partial charge is 0.322 e. The molecule has 3 rings (SSSR count). The van der Waals surface area contributed by atoms with E-state index >= 15 is 0 Å². The normalized spacial score (nSPS) is 11.1. The molecule has 0 radical (unpaired) electrons. The van der Waals surface area contributed by atoms with E-state index in [-0.39, 0.29) is 10.5 Å². The Morgan fingerprint density at radius 3 is 2.21 bits per heavy atom. The van der Waals surface area contributed by atoms with Crippen molar-refractivity contribution in [2.75, 3.05) is 10.0 Å². The average Bonchev–Trinajstić information content (AvgIpc) is 2.60. The van der Waals surface area contributed by atoms with Crippen LogP contribution in [0.5, 0.6) is 0 Å². The average molecular weight is 435 g/mol. The lowest BCUT2D eigenvalue weighted by Crippen LogP contribution is -2.16. The quantitative estimate of drug-likeness (QED) is 0.567. The van der Waals surface area contributed by atoms with Gasteiger partial charge in [-0.25, -0.2) is 8.42 Å². The monoisotopic (exact) mass is 434 g/mol. The van der Waals surface area contributed by atoms with Gasteiger partial charge in [-0.15, -0.1) is 0 Å². The Balaban J connectivity index is 1.83. The predicted octanol–water partition coefficient (Wildman–Crippen LogP) is 5.35. The molecule has 0 atom stereocenters. The fourth-order valence-corrected chi connectivity index (χ4v) is 4.18. The molecular formula is C20H16Cl2N2O3S. The number of carbonyl (C=O) groups is 1. The lowest BCUT2D eigenvalue weighted by molar-refractivity contribution is 0.102. The second-order valence-electron chi connectivity index (χ2n) is 6.12. The van der Waals surface area contributed by atoms with Crippen LogP contribution in [0.25, 0.3) is 0 Å². The third-order valence-electron chi connectivity index (χ3n) is 3.80. The maximum Gasteiger partial charge on any atom is 0.261 e. The Hall–Kier alpha value is -2.54. The smallest absolute Gasteiger partial charge is 0.261 e. The maximum absolute atomic E-state index is 12.7. The van der Waals surface area contributed by atoms with E-state index in [1.807, 2.05) is 13.0 Å². The summed E-state index contributed by atoms with van der Waals surface area (Å²) in [7, 11) is -3.84. The van der Waals surface area contributed by atoms with Gasteiger partial charge >= 0.3 is 0 Å². The van der Waals surface area contributed by atoms with Crippen LogP contribution in [-0.2, 0) is 10.0 Å². The van der Waals surface area contributed by atoms with E-state index in [0.29, 0.717) is 21.4 Å². The highest BCUT2D eigenvalue weighted by Crippen LogP contribution is 2.23. The standard InChI is InChI=1S/C20H16Cl2N2O3S/c1-13-4-2-6-17(8-13)24-28(26,27)19-7-3-5-14(9-19)20(25)23-18-11-15(21)10-16(22)12-18/h2-12,24H,1H3,(H,23,25). The van der Waals surface area contributed by atoms with Crippen LogP contribution in [-0.4, -0.2) is 14.3 Å². The van der Waals surface area contributed by atoms with Gasteiger partial charge in [0.15, 0.2) is 0 Å². The Morgan fingerprint density at radius 1 is 0.857 bits per heavy atom. The molecule has 8 heteroatoms. The summed E-state index contributed by atoms with van der Waals surface area (Å²) in [5, 5.41) is 3.41. The predicted molar refractivity (Wildman–Crippen MR) is 113 cm³/mol. The van der Waals surface area contributed by atoms with Crippen LogP contribution in [0, 0.1) is 6.92 Å². The van der Waals surface area contributed by atoms with Gasteiger partial charge in [-0.1, -0.05) is 41.4 Å². The van der Waals surface area contributed by atoms with Crippen LogP contribution in [0.4, 0.5) is 11.4 Å². The van der Waals surface area contributed by atoms with Crippen molar-refractivity contribution < 1.29 is 13.2 Å². The van der Waals surface area contributed by atoms with Crippen molar-refractivity contribution >= 4 is 50.5 Å². The first kappa shape index (κ1) is 20.2. The molecule has 0 aliphatic carbocycles. The molecule has 2 N–H and O–H groups in total. The van der Waals surface area contributed by atoms with E-state index < -0.39 is 15.9 Å². The SMILES string of the molecule is Cc1cccc(NS(=O)(=O)c2cccc(C(=O)Nc3cc(Cl)cc(Cl)c3)c2)c1. The number of benzene rings is 3. The van der Waals surface area contributed by atoms with Gasteiger partial charge in [0, 0.05) is 27.0 Å². The fraction of sp³-hybridized carbons (Fsp3) is 0.0500.